The predicted molar refractivity (Wildman–Crippen MR) is 109 cm³/mol. The van der Waals surface area contributed by atoms with Crippen molar-refractivity contribution in [3.8, 4) is 0 Å². The molecule has 1 atom stereocenters. The molecule has 0 aliphatic heterocycles. The topological polar surface area (TPSA) is 75.1 Å². The summed E-state index contributed by atoms with van der Waals surface area (Å²) in [5.41, 5.74) is 3.85. The van der Waals surface area contributed by atoms with E-state index in [4.69, 9.17) is 11.6 Å². The second-order valence-electron chi connectivity index (χ2n) is 5.98. The Hall–Kier alpha value is -2.57. The lowest BCUT2D eigenvalue weighted by molar-refractivity contribution is -0.136. The maximum absolute atomic E-state index is 11.7. The van der Waals surface area contributed by atoms with Gasteiger partial charge in [-0.05, 0) is 36.6 Å². The molecule has 0 spiro atoms. The van der Waals surface area contributed by atoms with E-state index in [9.17, 15) is 9.90 Å². The van der Waals surface area contributed by atoms with Crippen LogP contribution in [-0.2, 0) is 4.79 Å². The van der Waals surface area contributed by atoms with Crippen molar-refractivity contribution >= 4 is 40.8 Å². The van der Waals surface area contributed by atoms with Crippen LogP contribution in [0.15, 0.2) is 59.8 Å². The van der Waals surface area contributed by atoms with Gasteiger partial charge in [0.15, 0.2) is 5.16 Å². The van der Waals surface area contributed by atoms with Crippen molar-refractivity contribution in [1.82, 2.24) is 9.97 Å². The molecule has 27 heavy (non-hydrogen) atoms. The van der Waals surface area contributed by atoms with Crippen LogP contribution in [0.4, 0.5) is 11.5 Å². The Morgan fingerprint density at radius 3 is 2.56 bits per heavy atom. The van der Waals surface area contributed by atoms with Gasteiger partial charge in [-0.2, -0.15) is 0 Å². The first kappa shape index (κ1) is 19.2. The van der Waals surface area contributed by atoms with Crippen molar-refractivity contribution in [3.05, 3.63) is 76.4 Å². The van der Waals surface area contributed by atoms with Crippen LogP contribution in [0.1, 0.15) is 21.9 Å². The molecule has 2 aromatic carbocycles. The Morgan fingerprint density at radius 2 is 1.85 bits per heavy atom. The smallest absolute Gasteiger partial charge is 0.321 e. The van der Waals surface area contributed by atoms with Gasteiger partial charge in [0.25, 0.3) is 0 Å². The van der Waals surface area contributed by atoms with Crippen molar-refractivity contribution in [2.24, 2.45) is 0 Å². The molecule has 0 amide bonds. The number of aliphatic carboxylic acids is 1. The third-order valence-electron chi connectivity index (χ3n) is 4.09. The van der Waals surface area contributed by atoms with Crippen LogP contribution in [-0.4, -0.2) is 21.0 Å². The van der Waals surface area contributed by atoms with Gasteiger partial charge in [-0.15, -0.1) is 0 Å². The molecule has 1 heterocycles. The molecule has 3 rings (SSSR count). The quantitative estimate of drug-likeness (QED) is 0.328. The van der Waals surface area contributed by atoms with Crippen LogP contribution < -0.4 is 5.32 Å². The van der Waals surface area contributed by atoms with Gasteiger partial charge in [-0.3, -0.25) is 4.79 Å². The molecule has 1 unspecified atom stereocenters. The Kier molecular flexibility index (Phi) is 5.98. The molecule has 3 aromatic rings. The highest BCUT2D eigenvalue weighted by atomic mass is 35.5. The number of carbonyl (C=O) groups is 1. The van der Waals surface area contributed by atoms with E-state index in [0.29, 0.717) is 16.5 Å². The van der Waals surface area contributed by atoms with E-state index in [2.05, 4.69) is 15.3 Å². The number of rotatable bonds is 6. The molecule has 0 aliphatic carbocycles. The fraction of sp³-hybridized carbons (Fsp3) is 0.150. The second kappa shape index (κ2) is 8.41. The van der Waals surface area contributed by atoms with Gasteiger partial charge in [-0.1, -0.05) is 65.8 Å². The number of hydrogen-bond donors (Lipinski definition) is 2. The molecule has 0 bridgehead atoms. The van der Waals surface area contributed by atoms with Gasteiger partial charge in [0.2, 0.25) is 0 Å². The van der Waals surface area contributed by atoms with Crippen LogP contribution in [0.2, 0.25) is 5.15 Å². The van der Waals surface area contributed by atoms with E-state index in [-0.39, 0.29) is 5.15 Å². The number of halogens is 1. The molecular formula is C20H18ClN3O2S. The van der Waals surface area contributed by atoms with E-state index in [1.807, 2.05) is 38.1 Å². The largest absolute Gasteiger partial charge is 0.480 e. The zero-order chi connectivity index (χ0) is 19.4. The monoisotopic (exact) mass is 399 g/mol. The first-order valence-electron chi connectivity index (χ1n) is 8.26. The van der Waals surface area contributed by atoms with Crippen molar-refractivity contribution in [3.63, 3.8) is 0 Å². The third kappa shape index (κ3) is 4.78. The van der Waals surface area contributed by atoms with Gasteiger partial charge < -0.3 is 10.4 Å². The summed E-state index contributed by atoms with van der Waals surface area (Å²) in [5.74, 6) is -0.442. The molecule has 138 valence electrons. The number of benzene rings is 2. The molecule has 7 heteroatoms. The van der Waals surface area contributed by atoms with Gasteiger partial charge in [0, 0.05) is 11.8 Å². The Balaban J connectivity index is 1.88. The summed E-state index contributed by atoms with van der Waals surface area (Å²) in [6.45, 7) is 4.05. The molecule has 0 saturated heterocycles. The highest BCUT2D eigenvalue weighted by molar-refractivity contribution is 8.00. The maximum Gasteiger partial charge on any atom is 0.321 e. The number of nitrogens with one attached hydrogen (secondary N) is 1. The number of aryl methyl sites for hydroxylation is 1. The van der Waals surface area contributed by atoms with Crippen LogP contribution >= 0.6 is 23.4 Å². The van der Waals surface area contributed by atoms with Crippen LogP contribution in [0, 0.1) is 13.8 Å². The van der Waals surface area contributed by atoms with Gasteiger partial charge in [-0.25, -0.2) is 9.97 Å². The van der Waals surface area contributed by atoms with E-state index >= 15 is 0 Å². The fourth-order valence-corrected chi connectivity index (χ4v) is 3.67. The van der Waals surface area contributed by atoms with Crippen molar-refractivity contribution in [2.45, 2.75) is 24.3 Å². The van der Waals surface area contributed by atoms with Crippen LogP contribution in [0.3, 0.4) is 0 Å². The highest BCUT2D eigenvalue weighted by Crippen LogP contribution is 2.35. The van der Waals surface area contributed by atoms with E-state index in [1.54, 1.807) is 30.3 Å². The van der Waals surface area contributed by atoms with Crippen LogP contribution in [0.25, 0.3) is 0 Å². The zero-order valence-corrected chi connectivity index (χ0v) is 16.4. The van der Waals surface area contributed by atoms with Gasteiger partial charge in [0.1, 0.15) is 16.2 Å². The number of anilines is 2. The molecule has 1 aromatic heterocycles. The van der Waals surface area contributed by atoms with Crippen molar-refractivity contribution in [1.29, 1.82) is 0 Å². The number of carboxylic acid groups (broad SMARTS) is 1. The lowest BCUT2D eigenvalue weighted by Crippen LogP contribution is -2.09. The molecule has 2 N–H and O–H groups in total. The summed E-state index contributed by atoms with van der Waals surface area (Å²) >= 11 is 7.19. The number of hydrogen-bond acceptors (Lipinski definition) is 5. The third-order valence-corrected chi connectivity index (χ3v) is 5.39. The fourth-order valence-electron chi connectivity index (χ4n) is 2.53. The van der Waals surface area contributed by atoms with Gasteiger partial charge in [0.05, 0.1) is 0 Å². The molecular weight excluding hydrogens is 382 g/mol. The minimum Gasteiger partial charge on any atom is -0.480 e. The summed E-state index contributed by atoms with van der Waals surface area (Å²) in [6, 6.07) is 16.6. The Labute approximate surface area is 166 Å². The van der Waals surface area contributed by atoms with Crippen molar-refractivity contribution < 1.29 is 9.90 Å². The van der Waals surface area contributed by atoms with E-state index < -0.39 is 11.2 Å². The number of aromatic nitrogens is 2. The molecule has 0 saturated carbocycles. The van der Waals surface area contributed by atoms with Crippen LogP contribution in [0.5, 0.6) is 0 Å². The average molecular weight is 400 g/mol. The normalized spacial score (nSPS) is 11.8. The summed E-state index contributed by atoms with van der Waals surface area (Å²) in [5, 5.41) is 12.6. The van der Waals surface area contributed by atoms with E-state index in [1.165, 1.54) is 0 Å². The highest BCUT2D eigenvalue weighted by Gasteiger charge is 2.23. The zero-order valence-electron chi connectivity index (χ0n) is 14.8. The number of thioether (sulfide) groups is 1. The lowest BCUT2D eigenvalue weighted by Gasteiger charge is -2.14. The van der Waals surface area contributed by atoms with E-state index in [0.717, 1.165) is 28.6 Å². The number of carboxylic acids is 1. The summed E-state index contributed by atoms with van der Waals surface area (Å²) in [6.07, 6.45) is 0. The standard InChI is InChI=1S/C20H18ClN3O2S/c1-12-7-6-10-15(13(12)2)22-17-11-16(21)23-20(24-17)27-18(19(25)26)14-8-4-3-5-9-14/h3-11,18H,1-2H3,(H,25,26)(H,22,23,24). The molecule has 0 fully saturated rings. The Bertz CT molecular complexity index is 967. The molecule has 0 radical (unpaired) electrons. The summed E-state index contributed by atoms with van der Waals surface area (Å²) in [4.78, 5) is 20.3. The minimum atomic E-state index is -0.959. The van der Waals surface area contributed by atoms with Gasteiger partial charge >= 0.3 is 5.97 Å². The first-order chi connectivity index (χ1) is 12.9. The summed E-state index contributed by atoms with van der Waals surface area (Å²) < 4.78 is 0. The molecule has 5 nitrogen and oxygen atoms in total. The first-order valence-corrected chi connectivity index (χ1v) is 9.52. The SMILES string of the molecule is Cc1cccc(Nc2cc(Cl)nc(SC(C(=O)O)c3ccccc3)n2)c1C. The summed E-state index contributed by atoms with van der Waals surface area (Å²) in [7, 11) is 0. The Morgan fingerprint density at radius 1 is 1.11 bits per heavy atom. The average Bonchev–Trinajstić information content (AvgIpc) is 2.63. The maximum atomic E-state index is 11.7. The second-order valence-corrected chi connectivity index (χ2v) is 7.44. The predicted octanol–water partition coefficient (Wildman–Crippen LogP) is 5.41. The number of nitrogens with zero attached hydrogens (tertiary/aromatic N) is 2. The minimum absolute atomic E-state index is 0.248. The molecule has 0 aliphatic rings. The lowest BCUT2D eigenvalue weighted by atomic mass is 10.1. The van der Waals surface area contributed by atoms with Crippen molar-refractivity contribution in [2.75, 3.05) is 5.32 Å².